The molecule has 3 aliphatic carbocycles. The molecule has 1 N–H and O–H groups in total. The lowest BCUT2D eigenvalue weighted by molar-refractivity contribution is 0.0511. The van der Waals surface area contributed by atoms with Crippen molar-refractivity contribution < 1.29 is 9.84 Å². The third kappa shape index (κ3) is 2.11. The smallest absolute Gasteiger partial charge is 0.119 e. The van der Waals surface area contributed by atoms with Gasteiger partial charge >= 0.3 is 0 Å². The minimum atomic E-state index is -0.450. The lowest BCUT2D eigenvalue weighted by Crippen LogP contribution is -2.39. The summed E-state index contributed by atoms with van der Waals surface area (Å²) in [6.07, 6.45) is 6.98. The van der Waals surface area contributed by atoms with Crippen LogP contribution in [0.4, 0.5) is 0 Å². The minimum absolute atomic E-state index is 0.356. The molecule has 5 atom stereocenters. The van der Waals surface area contributed by atoms with E-state index >= 15 is 0 Å². The summed E-state index contributed by atoms with van der Waals surface area (Å²) >= 11 is 0. The van der Waals surface area contributed by atoms with Gasteiger partial charge in [-0.2, -0.15) is 0 Å². The topological polar surface area (TPSA) is 29.5 Å². The van der Waals surface area contributed by atoms with Gasteiger partial charge in [0.05, 0.1) is 12.7 Å². The van der Waals surface area contributed by atoms with Gasteiger partial charge in [0.15, 0.2) is 0 Å². The zero-order chi connectivity index (χ0) is 15.5. The summed E-state index contributed by atoms with van der Waals surface area (Å²) in [5.74, 6) is 3.13. The molecule has 2 fully saturated rings. The highest BCUT2D eigenvalue weighted by atomic mass is 16.5. The molecule has 0 aromatic heterocycles. The fourth-order valence-corrected chi connectivity index (χ4v) is 6.11. The number of rotatable bonds is 1. The molecule has 1 aromatic carbocycles. The first-order chi connectivity index (χ1) is 10.4. The predicted octanol–water partition coefficient (Wildman–Crippen LogP) is 4.30. The molecule has 0 spiro atoms. The lowest BCUT2D eigenvalue weighted by Gasteiger charge is -2.49. The molecule has 0 aliphatic heterocycles. The molecule has 4 rings (SSSR count). The molecule has 0 unspecified atom stereocenters. The Labute approximate surface area is 133 Å². The zero-order valence-corrected chi connectivity index (χ0v) is 14.1. The van der Waals surface area contributed by atoms with Gasteiger partial charge in [0.25, 0.3) is 0 Å². The Morgan fingerprint density at radius 3 is 2.82 bits per heavy atom. The molecule has 2 saturated carbocycles. The molecule has 120 valence electrons. The fourth-order valence-electron chi connectivity index (χ4n) is 6.11. The van der Waals surface area contributed by atoms with Crippen LogP contribution >= 0.6 is 0 Å². The molecule has 0 heterocycles. The molecule has 0 saturated heterocycles. The number of aryl methyl sites for hydroxylation is 1. The number of fused-ring (bicyclic) bond motifs is 5. The van der Waals surface area contributed by atoms with Crippen LogP contribution < -0.4 is 4.74 Å². The third-order valence-corrected chi connectivity index (χ3v) is 6.90. The van der Waals surface area contributed by atoms with Crippen LogP contribution in [0.2, 0.25) is 0 Å². The number of aliphatic hydroxyl groups is 1. The van der Waals surface area contributed by atoms with Gasteiger partial charge < -0.3 is 9.84 Å². The fraction of sp³-hybridized carbons (Fsp3) is 0.700. The van der Waals surface area contributed by atoms with Crippen molar-refractivity contribution >= 4 is 0 Å². The quantitative estimate of drug-likeness (QED) is 0.838. The largest absolute Gasteiger partial charge is 0.497 e. The maximum Gasteiger partial charge on any atom is 0.119 e. The normalized spacial score (nSPS) is 43.2. The van der Waals surface area contributed by atoms with E-state index in [1.54, 1.807) is 12.7 Å². The van der Waals surface area contributed by atoms with Crippen molar-refractivity contribution in [2.45, 2.75) is 63.9 Å². The van der Waals surface area contributed by atoms with E-state index in [0.29, 0.717) is 17.3 Å². The molecule has 22 heavy (non-hydrogen) atoms. The van der Waals surface area contributed by atoms with Gasteiger partial charge in [-0.05, 0) is 91.9 Å². The Hall–Kier alpha value is -1.02. The van der Waals surface area contributed by atoms with Gasteiger partial charge in [-0.25, -0.2) is 0 Å². The Kier molecular flexibility index (Phi) is 3.14. The summed E-state index contributed by atoms with van der Waals surface area (Å²) in [4.78, 5) is 0. The SMILES string of the molecule is COc1ccc2c(c1)CC[C@H]1[C@H]2CC[C@@]2(C)C[C@](C)(O)C[C@@H]12. The Morgan fingerprint density at radius 2 is 2.05 bits per heavy atom. The summed E-state index contributed by atoms with van der Waals surface area (Å²) in [6, 6.07) is 6.67. The first-order valence-corrected chi connectivity index (χ1v) is 8.81. The van der Waals surface area contributed by atoms with Crippen LogP contribution in [0.1, 0.15) is 63.0 Å². The molecule has 0 bridgehead atoms. The van der Waals surface area contributed by atoms with Crippen molar-refractivity contribution in [2.24, 2.45) is 17.3 Å². The molecule has 1 aromatic rings. The van der Waals surface area contributed by atoms with Crippen LogP contribution in [-0.2, 0) is 6.42 Å². The lowest BCUT2D eigenvalue weighted by atomic mass is 9.56. The van der Waals surface area contributed by atoms with E-state index in [4.69, 9.17) is 4.74 Å². The highest BCUT2D eigenvalue weighted by Gasteiger charge is 2.56. The van der Waals surface area contributed by atoms with Crippen LogP contribution in [0.15, 0.2) is 18.2 Å². The maximum atomic E-state index is 10.6. The standard InChI is InChI=1S/C20H28O2/c1-19-9-8-16-15-7-5-14(22-3)10-13(15)4-6-17(16)18(19)11-20(2,21)12-19/h5,7,10,16-18,21H,4,6,8-9,11-12H2,1-3H3/t16-,17-,18-,19-,20+/m0/s1. The van der Waals surface area contributed by atoms with E-state index in [1.807, 2.05) is 6.92 Å². The third-order valence-electron chi connectivity index (χ3n) is 6.90. The second-order valence-electron chi connectivity index (χ2n) is 8.55. The van der Waals surface area contributed by atoms with E-state index in [1.165, 1.54) is 31.2 Å². The van der Waals surface area contributed by atoms with Crippen LogP contribution in [0, 0.1) is 17.3 Å². The molecule has 0 amide bonds. The first kappa shape index (κ1) is 14.6. The Morgan fingerprint density at radius 1 is 1.23 bits per heavy atom. The summed E-state index contributed by atoms with van der Waals surface area (Å²) in [7, 11) is 1.75. The number of ether oxygens (including phenoxy) is 1. The van der Waals surface area contributed by atoms with Gasteiger partial charge in [-0.3, -0.25) is 0 Å². The highest BCUT2D eigenvalue weighted by molar-refractivity contribution is 5.40. The Balaban J connectivity index is 1.68. The van der Waals surface area contributed by atoms with Crippen molar-refractivity contribution in [3.8, 4) is 5.75 Å². The van der Waals surface area contributed by atoms with Gasteiger partial charge in [-0.15, -0.1) is 0 Å². The number of hydrogen-bond acceptors (Lipinski definition) is 2. The zero-order valence-electron chi connectivity index (χ0n) is 14.1. The minimum Gasteiger partial charge on any atom is -0.497 e. The van der Waals surface area contributed by atoms with Gasteiger partial charge in [0.1, 0.15) is 5.75 Å². The second kappa shape index (κ2) is 4.74. The van der Waals surface area contributed by atoms with E-state index in [9.17, 15) is 5.11 Å². The van der Waals surface area contributed by atoms with Crippen molar-refractivity contribution in [1.82, 2.24) is 0 Å². The molecular formula is C20H28O2. The second-order valence-corrected chi connectivity index (χ2v) is 8.55. The van der Waals surface area contributed by atoms with Crippen LogP contribution in [0.3, 0.4) is 0 Å². The molecule has 2 heteroatoms. The van der Waals surface area contributed by atoms with Crippen molar-refractivity contribution in [3.63, 3.8) is 0 Å². The average Bonchev–Trinajstić information content (AvgIpc) is 2.74. The van der Waals surface area contributed by atoms with E-state index in [0.717, 1.165) is 24.5 Å². The average molecular weight is 300 g/mol. The Bertz CT molecular complexity index is 591. The number of methoxy groups -OCH3 is 1. The van der Waals surface area contributed by atoms with Crippen LogP contribution in [0.25, 0.3) is 0 Å². The summed E-state index contributed by atoms with van der Waals surface area (Å²) in [6.45, 7) is 4.48. The van der Waals surface area contributed by atoms with E-state index in [2.05, 4.69) is 25.1 Å². The van der Waals surface area contributed by atoms with Crippen LogP contribution in [-0.4, -0.2) is 17.8 Å². The molecule has 3 aliphatic rings. The van der Waals surface area contributed by atoms with Gasteiger partial charge in [0.2, 0.25) is 0 Å². The molecule has 0 radical (unpaired) electrons. The van der Waals surface area contributed by atoms with E-state index < -0.39 is 5.60 Å². The van der Waals surface area contributed by atoms with Crippen molar-refractivity contribution in [1.29, 1.82) is 0 Å². The summed E-state index contributed by atoms with van der Waals surface area (Å²) < 4.78 is 5.40. The van der Waals surface area contributed by atoms with Crippen molar-refractivity contribution in [3.05, 3.63) is 29.3 Å². The summed E-state index contributed by atoms with van der Waals surface area (Å²) in [5.41, 5.74) is 2.96. The number of hydrogen-bond donors (Lipinski definition) is 1. The predicted molar refractivity (Wildman–Crippen MR) is 88.2 cm³/mol. The maximum absolute atomic E-state index is 10.6. The van der Waals surface area contributed by atoms with Crippen LogP contribution in [0.5, 0.6) is 5.75 Å². The van der Waals surface area contributed by atoms with E-state index in [-0.39, 0.29) is 0 Å². The van der Waals surface area contributed by atoms with Gasteiger partial charge in [0, 0.05) is 0 Å². The van der Waals surface area contributed by atoms with Crippen molar-refractivity contribution in [2.75, 3.05) is 7.11 Å². The number of benzene rings is 1. The molecule has 2 nitrogen and oxygen atoms in total. The highest BCUT2D eigenvalue weighted by Crippen LogP contribution is 2.63. The monoisotopic (exact) mass is 300 g/mol. The van der Waals surface area contributed by atoms with Gasteiger partial charge in [-0.1, -0.05) is 13.0 Å². The summed E-state index contributed by atoms with van der Waals surface area (Å²) in [5, 5.41) is 10.6. The molecular weight excluding hydrogens is 272 g/mol. The first-order valence-electron chi connectivity index (χ1n) is 8.81.